The van der Waals surface area contributed by atoms with Gasteiger partial charge in [-0.1, -0.05) is 6.92 Å². The number of methoxy groups -OCH3 is 2. The molecule has 0 saturated carbocycles. The first kappa shape index (κ1) is 12.7. The highest BCUT2D eigenvalue weighted by Gasteiger charge is 2.19. The Bertz CT molecular complexity index is 320. The first-order valence-corrected chi connectivity index (χ1v) is 5.34. The zero-order valence-corrected chi connectivity index (χ0v) is 10.2. The molecule has 2 unspecified atom stereocenters. The molecular weight excluding hydrogens is 206 g/mol. The molecule has 16 heavy (non-hydrogen) atoms. The van der Waals surface area contributed by atoms with Crippen molar-refractivity contribution in [2.24, 2.45) is 5.73 Å². The van der Waals surface area contributed by atoms with Gasteiger partial charge in [0.05, 0.1) is 20.3 Å². The Labute approximate surface area is 96.0 Å². The fourth-order valence-electron chi connectivity index (χ4n) is 1.59. The van der Waals surface area contributed by atoms with Crippen molar-refractivity contribution in [3.8, 4) is 11.8 Å². The third-order valence-electron chi connectivity index (χ3n) is 2.52. The highest BCUT2D eigenvalue weighted by atomic mass is 16.5. The van der Waals surface area contributed by atoms with E-state index in [1.54, 1.807) is 20.3 Å². The van der Waals surface area contributed by atoms with E-state index in [-0.39, 0.29) is 12.0 Å². The molecule has 5 nitrogen and oxygen atoms in total. The number of nitrogens with two attached hydrogens (primary N) is 1. The minimum Gasteiger partial charge on any atom is -0.481 e. The van der Waals surface area contributed by atoms with Gasteiger partial charge in [0.25, 0.3) is 0 Å². The average Bonchev–Trinajstić information content (AvgIpc) is 2.29. The van der Waals surface area contributed by atoms with Gasteiger partial charge in [-0.2, -0.15) is 9.97 Å². The number of aromatic nitrogens is 2. The van der Waals surface area contributed by atoms with Gasteiger partial charge in [0.15, 0.2) is 0 Å². The second-order valence-electron chi connectivity index (χ2n) is 3.68. The van der Waals surface area contributed by atoms with Crippen LogP contribution in [0.25, 0.3) is 0 Å². The average molecular weight is 225 g/mol. The molecule has 0 fully saturated rings. The monoisotopic (exact) mass is 225 g/mol. The Morgan fingerprint density at radius 2 is 1.75 bits per heavy atom. The smallest absolute Gasteiger partial charge is 0.220 e. The Kier molecular flexibility index (Phi) is 4.49. The van der Waals surface area contributed by atoms with Crippen molar-refractivity contribution in [1.29, 1.82) is 0 Å². The zero-order chi connectivity index (χ0) is 12.1. The number of hydrogen-bond acceptors (Lipinski definition) is 5. The van der Waals surface area contributed by atoms with E-state index in [0.717, 1.165) is 6.42 Å². The predicted molar refractivity (Wildman–Crippen MR) is 61.8 cm³/mol. The maximum Gasteiger partial charge on any atom is 0.220 e. The van der Waals surface area contributed by atoms with Crippen LogP contribution >= 0.6 is 0 Å². The van der Waals surface area contributed by atoms with Gasteiger partial charge >= 0.3 is 0 Å². The lowest BCUT2D eigenvalue weighted by atomic mass is 9.98. The summed E-state index contributed by atoms with van der Waals surface area (Å²) in [6.07, 6.45) is 0.883. The summed E-state index contributed by atoms with van der Waals surface area (Å²) in [5.74, 6) is 1.79. The highest BCUT2D eigenvalue weighted by molar-refractivity contribution is 5.22. The number of rotatable bonds is 5. The van der Waals surface area contributed by atoms with E-state index < -0.39 is 0 Å². The Morgan fingerprint density at radius 1 is 1.25 bits per heavy atom. The van der Waals surface area contributed by atoms with Crippen LogP contribution in [-0.4, -0.2) is 30.2 Å². The van der Waals surface area contributed by atoms with Crippen molar-refractivity contribution in [1.82, 2.24) is 9.97 Å². The number of nitrogens with zero attached hydrogens (tertiary/aromatic N) is 2. The van der Waals surface area contributed by atoms with Crippen molar-refractivity contribution < 1.29 is 9.47 Å². The highest BCUT2D eigenvalue weighted by Crippen LogP contribution is 2.23. The maximum absolute atomic E-state index is 5.90. The van der Waals surface area contributed by atoms with Gasteiger partial charge in [-0.25, -0.2) is 0 Å². The zero-order valence-electron chi connectivity index (χ0n) is 10.2. The molecule has 2 atom stereocenters. The van der Waals surface area contributed by atoms with Crippen molar-refractivity contribution in [3.05, 3.63) is 11.9 Å². The predicted octanol–water partition coefficient (Wildman–Crippen LogP) is 1.33. The number of ether oxygens (including phenoxy) is 2. The third kappa shape index (κ3) is 2.82. The lowest BCUT2D eigenvalue weighted by Gasteiger charge is -2.18. The summed E-state index contributed by atoms with van der Waals surface area (Å²) < 4.78 is 10.2. The third-order valence-corrected chi connectivity index (χ3v) is 2.52. The van der Waals surface area contributed by atoms with Crippen LogP contribution in [-0.2, 0) is 0 Å². The van der Waals surface area contributed by atoms with Crippen LogP contribution in [0.5, 0.6) is 11.8 Å². The molecule has 0 spiro atoms. The van der Waals surface area contributed by atoms with Gasteiger partial charge in [-0.3, -0.25) is 0 Å². The van der Waals surface area contributed by atoms with Crippen molar-refractivity contribution >= 4 is 0 Å². The van der Waals surface area contributed by atoms with Crippen molar-refractivity contribution in [2.45, 2.75) is 32.2 Å². The Morgan fingerprint density at radius 3 is 2.06 bits per heavy atom. The molecule has 0 radical (unpaired) electrons. The van der Waals surface area contributed by atoms with E-state index in [1.165, 1.54) is 0 Å². The van der Waals surface area contributed by atoms with E-state index >= 15 is 0 Å². The largest absolute Gasteiger partial charge is 0.481 e. The minimum absolute atomic E-state index is 0.00168. The van der Waals surface area contributed by atoms with Gasteiger partial charge in [-0.15, -0.1) is 0 Å². The Balaban J connectivity index is 3.10. The van der Waals surface area contributed by atoms with Crippen molar-refractivity contribution in [2.75, 3.05) is 14.2 Å². The Hall–Kier alpha value is -1.36. The second kappa shape index (κ2) is 5.65. The topological polar surface area (TPSA) is 70.3 Å². The quantitative estimate of drug-likeness (QED) is 0.818. The summed E-state index contributed by atoms with van der Waals surface area (Å²) in [4.78, 5) is 8.60. The fourth-order valence-corrected chi connectivity index (χ4v) is 1.59. The lowest BCUT2D eigenvalue weighted by Crippen LogP contribution is -2.26. The molecule has 1 rings (SSSR count). The normalized spacial score (nSPS) is 14.3. The van der Waals surface area contributed by atoms with Gasteiger partial charge in [0.1, 0.15) is 5.82 Å². The molecule has 1 aromatic heterocycles. The van der Waals surface area contributed by atoms with E-state index in [0.29, 0.717) is 17.6 Å². The van der Waals surface area contributed by atoms with Crippen LogP contribution in [0.1, 0.15) is 32.0 Å². The van der Waals surface area contributed by atoms with Crippen LogP contribution in [0, 0.1) is 0 Å². The van der Waals surface area contributed by atoms with Crippen LogP contribution in [0.15, 0.2) is 6.07 Å². The summed E-state index contributed by atoms with van der Waals surface area (Å²) in [6, 6.07) is 1.65. The molecule has 2 N–H and O–H groups in total. The molecule has 0 aliphatic carbocycles. The van der Waals surface area contributed by atoms with Crippen LogP contribution < -0.4 is 15.2 Å². The lowest BCUT2D eigenvalue weighted by molar-refractivity contribution is 0.362. The summed E-state index contributed by atoms with van der Waals surface area (Å²) >= 11 is 0. The SMILES string of the molecule is CCC(c1nc(OC)cc(OC)n1)C(C)N. The summed E-state index contributed by atoms with van der Waals surface area (Å²) in [6.45, 7) is 4.01. The van der Waals surface area contributed by atoms with Gasteiger partial charge < -0.3 is 15.2 Å². The molecule has 0 bridgehead atoms. The molecule has 0 saturated heterocycles. The van der Waals surface area contributed by atoms with E-state index in [1.807, 2.05) is 6.92 Å². The molecule has 0 aliphatic heterocycles. The fraction of sp³-hybridized carbons (Fsp3) is 0.636. The van der Waals surface area contributed by atoms with Gasteiger partial charge in [0.2, 0.25) is 11.8 Å². The van der Waals surface area contributed by atoms with E-state index in [9.17, 15) is 0 Å². The van der Waals surface area contributed by atoms with Crippen molar-refractivity contribution in [3.63, 3.8) is 0 Å². The standard InChI is InChI=1S/C11H19N3O2/c1-5-8(7(2)12)11-13-9(15-3)6-10(14-11)16-4/h6-8H,5,12H2,1-4H3. The summed E-state index contributed by atoms with van der Waals surface area (Å²) in [5, 5.41) is 0. The second-order valence-corrected chi connectivity index (χ2v) is 3.68. The molecule has 5 heteroatoms. The molecule has 0 aromatic carbocycles. The first-order valence-electron chi connectivity index (χ1n) is 5.34. The first-order chi connectivity index (χ1) is 7.62. The molecule has 90 valence electrons. The van der Waals surface area contributed by atoms with Gasteiger partial charge in [0, 0.05) is 12.0 Å². The molecule has 1 aromatic rings. The number of hydrogen-bond donors (Lipinski definition) is 1. The molecule has 0 amide bonds. The van der Waals surface area contributed by atoms with Crippen LogP contribution in [0.2, 0.25) is 0 Å². The molecule has 0 aliphatic rings. The summed E-state index contributed by atoms with van der Waals surface area (Å²) in [5.41, 5.74) is 5.90. The minimum atomic E-state index is 0.00168. The maximum atomic E-state index is 5.90. The molecular formula is C11H19N3O2. The molecule has 1 heterocycles. The summed E-state index contributed by atoms with van der Waals surface area (Å²) in [7, 11) is 3.14. The van der Waals surface area contributed by atoms with Crippen LogP contribution in [0.3, 0.4) is 0 Å². The van der Waals surface area contributed by atoms with E-state index in [2.05, 4.69) is 16.9 Å². The van der Waals surface area contributed by atoms with E-state index in [4.69, 9.17) is 15.2 Å². The van der Waals surface area contributed by atoms with Crippen LogP contribution in [0.4, 0.5) is 0 Å². The van der Waals surface area contributed by atoms with Gasteiger partial charge in [-0.05, 0) is 13.3 Å².